The van der Waals surface area contributed by atoms with Crippen molar-refractivity contribution >= 4 is 28.7 Å². The number of carbonyl (C=O) groups excluding carboxylic acids is 1. The average Bonchev–Trinajstić information content (AvgIpc) is 2.88. The molecular weight excluding hydrogens is 431 g/mol. The fourth-order valence-corrected chi connectivity index (χ4v) is 6.08. The first-order valence-corrected chi connectivity index (χ1v) is 12.4. The quantitative estimate of drug-likeness (QED) is 0.684. The molecule has 0 saturated carbocycles. The molecule has 1 aromatic carbocycles. The maximum Gasteiger partial charge on any atom is 0.494 e. The van der Waals surface area contributed by atoms with Crippen molar-refractivity contribution in [2.45, 2.75) is 89.6 Å². The third-order valence-electron chi connectivity index (χ3n) is 6.78. The van der Waals surface area contributed by atoms with Gasteiger partial charge in [-0.25, -0.2) is 13.2 Å². The number of primary amides is 1. The predicted molar refractivity (Wildman–Crippen MR) is 123 cm³/mol. The number of amides is 1. The van der Waals surface area contributed by atoms with Crippen molar-refractivity contribution in [3.05, 3.63) is 24.3 Å². The summed E-state index contributed by atoms with van der Waals surface area (Å²) in [5.74, 6) is 0. The zero-order chi connectivity index (χ0) is 24.1. The fraction of sp³-hybridized carbons (Fsp3) is 0.682. The van der Waals surface area contributed by atoms with E-state index in [1.165, 1.54) is 4.31 Å². The third-order valence-corrected chi connectivity index (χ3v) is 8.68. The second-order valence-corrected chi connectivity index (χ2v) is 12.6. The highest BCUT2D eigenvalue weighted by Gasteiger charge is 2.52. The molecule has 2 N–H and O–H groups in total. The van der Waals surface area contributed by atoms with Crippen LogP contribution in [0, 0.1) is 5.41 Å². The Morgan fingerprint density at radius 2 is 1.78 bits per heavy atom. The second kappa shape index (κ2) is 8.31. The van der Waals surface area contributed by atoms with Gasteiger partial charge in [0, 0.05) is 19.0 Å². The van der Waals surface area contributed by atoms with Crippen LogP contribution in [0.25, 0.3) is 0 Å². The molecule has 3 rings (SSSR count). The van der Waals surface area contributed by atoms with E-state index in [-0.39, 0.29) is 22.9 Å². The van der Waals surface area contributed by atoms with Gasteiger partial charge in [-0.15, -0.1) is 0 Å². The molecular formula is C22H35BN2O6S. The van der Waals surface area contributed by atoms with Gasteiger partial charge in [0.2, 0.25) is 10.0 Å². The summed E-state index contributed by atoms with van der Waals surface area (Å²) in [6.45, 7) is 14.0. The van der Waals surface area contributed by atoms with Crippen LogP contribution in [-0.2, 0) is 24.1 Å². The highest BCUT2D eigenvalue weighted by Crippen LogP contribution is 2.38. The minimum Gasteiger partial charge on any atom is -0.446 e. The number of benzene rings is 1. The van der Waals surface area contributed by atoms with Crippen molar-refractivity contribution in [2.75, 3.05) is 6.54 Å². The van der Waals surface area contributed by atoms with Crippen molar-refractivity contribution in [2.24, 2.45) is 11.1 Å². The molecule has 2 heterocycles. The normalized spacial score (nSPS) is 26.2. The van der Waals surface area contributed by atoms with Crippen LogP contribution < -0.4 is 11.2 Å². The van der Waals surface area contributed by atoms with Crippen LogP contribution in [0.4, 0.5) is 4.79 Å². The highest BCUT2D eigenvalue weighted by molar-refractivity contribution is 7.89. The summed E-state index contributed by atoms with van der Waals surface area (Å²) >= 11 is 0. The topological polar surface area (TPSA) is 108 Å². The number of hydrogen-bond acceptors (Lipinski definition) is 6. The standard InChI is InChI=1S/C22H35BN2O6S/c1-20(2,3)18-14-16(29-19(24)26)11-12-25(18)32(27,28)17-10-8-9-15(13-17)23-30-21(4,5)22(6,7)31-23/h8-10,13,16,18H,11-12,14H2,1-7H3,(H2,24,26). The summed E-state index contributed by atoms with van der Waals surface area (Å²) in [5.41, 5.74) is 4.44. The summed E-state index contributed by atoms with van der Waals surface area (Å²) in [4.78, 5) is 11.4. The van der Waals surface area contributed by atoms with Gasteiger partial charge in [-0.2, -0.15) is 4.31 Å². The summed E-state index contributed by atoms with van der Waals surface area (Å²) in [7, 11) is -4.46. The Balaban J connectivity index is 1.91. The zero-order valence-corrected chi connectivity index (χ0v) is 20.9. The van der Waals surface area contributed by atoms with Crippen molar-refractivity contribution < 1.29 is 27.3 Å². The van der Waals surface area contributed by atoms with E-state index in [0.29, 0.717) is 18.3 Å². The second-order valence-electron chi connectivity index (χ2n) is 10.7. The third kappa shape index (κ3) is 4.83. The van der Waals surface area contributed by atoms with Gasteiger partial charge < -0.3 is 19.8 Å². The molecule has 0 radical (unpaired) electrons. The van der Waals surface area contributed by atoms with Gasteiger partial charge in [0.05, 0.1) is 16.1 Å². The van der Waals surface area contributed by atoms with E-state index in [4.69, 9.17) is 19.8 Å². The van der Waals surface area contributed by atoms with Crippen molar-refractivity contribution in [3.8, 4) is 0 Å². The lowest BCUT2D eigenvalue weighted by molar-refractivity contribution is 0.00578. The van der Waals surface area contributed by atoms with E-state index in [1.54, 1.807) is 18.2 Å². The number of piperidine rings is 1. The van der Waals surface area contributed by atoms with Crippen LogP contribution in [0.3, 0.4) is 0 Å². The van der Waals surface area contributed by atoms with Gasteiger partial charge >= 0.3 is 13.2 Å². The van der Waals surface area contributed by atoms with E-state index in [1.807, 2.05) is 54.5 Å². The van der Waals surface area contributed by atoms with Crippen molar-refractivity contribution in [1.29, 1.82) is 0 Å². The Labute approximate surface area is 192 Å². The smallest absolute Gasteiger partial charge is 0.446 e. The molecule has 8 nitrogen and oxygen atoms in total. The number of rotatable bonds is 4. The van der Waals surface area contributed by atoms with Gasteiger partial charge in [-0.1, -0.05) is 32.9 Å². The number of nitrogens with zero attached hydrogens (tertiary/aromatic N) is 1. The van der Waals surface area contributed by atoms with Gasteiger partial charge in [0.15, 0.2) is 0 Å². The van der Waals surface area contributed by atoms with Crippen molar-refractivity contribution in [1.82, 2.24) is 4.31 Å². The van der Waals surface area contributed by atoms with Crippen LogP contribution in [0.15, 0.2) is 29.2 Å². The Bertz CT molecular complexity index is 957. The number of hydrogen-bond donors (Lipinski definition) is 1. The monoisotopic (exact) mass is 466 g/mol. The minimum absolute atomic E-state index is 0.188. The van der Waals surface area contributed by atoms with E-state index < -0.39 is 40.5 Å². The molecule has 0 aliphatic carbocycles. The molecule has 2 unspecified atom stereocenters. The lowest BCUT2D eigenvalue weighted by atomic mass is 9.79. The molecule has 1 aromatic rings. The number of sulfonamides is 1. The molecule has 178 valence electrons. The van der Waals surface area contributed by atoms with Crippen LogP contribution in [0.1, 0.15) is 61.3 Å². The predicted octanol–water partition coefficient (Wildman–Crippen LogP) is 2.65. The van der Waals surface area contributed by atoms with Gasteiger partial charge in [0.1, 0.15) is 6.10 Å². The molecule has 1 amide bonds. The SMILES string of the molecule is CC(C)(C)C1CC(OC(N)=O)CCN1S(=O)(=O)c1cccc(B2OC(C)(C)C(C)(C)O2)c1. The Morgan fingerprint density at radius 1 is 1.19 bits per heavy atom. The number of nitrogens with two attached hydrogens (primary N) is 1. The molecule has 2 aliphatic rings. The van der Waals surface area contributed by atoms with Gasteiger partial charge in [0.25, 0.3) is 0 Å². The lowest BCUT2D eigenvalue weighted by Gasteiger charge is -2.44. The molecule has 2 atom stereocenters. The van der Waals surface area contributed by atoms with Crippen LogP contribution >= 0.6 is 0 Å². The Hall–Kier alpha value is -1.62. The Morgan fingerprint density at radius 3 is 2.31 bits per heavy atom. The molecule has 0 spiro atoms. The van der Waals surface area contributed by atoms with Crippen LogP contribution in [-0.4, -0.2) is 55.8 Å². The molecule has 10 heteroatoms. The number of carbonyl (C=O) groups is 1. The van der Waals surface area contributed by atoms with Crippen LogP contribution in [0.5, 0.6) is 0 Å². The molecule has 2 fully saturated rings. The molecule has 32 heavy (non-hydrogen) atoms. The summed E-state index contributed by atoms with van der Waals surface area (Å²) in [6, 6.07) is 6.39. The summed E-state index contributed by atoms with van der Waals surface area (Å²) < 4.78 is 46.3. The van der Waals surface area contributed by atoms with Gasteiger partial charge in [-0.3, -0.25) is 0 Å². The van der Waals surface area contributed by atoms with Crippen molar-refractivity contribution in [3.63, 3.8) is 0 Å². The maximum atomic E-state index is 13.7. The summed E-state index contributed by atoms with van der Waals surface area (Å²) in [5, 5.41) is 0. The highest BCUT2D eigenvalue weighted by atomic mass is 32.2. The minimum atomic E-state index is -3.81. The first kappa shape index (κ1) is 25.0. The molecule has 2 aliphatic heterocycles. The van der Waals surface area contributed by atoms with E-state index >= 15 is 0 Å². The van der Waals surface area contributed by atoms with Gasteiger partial charge in [-0.05, 0) is 57.1 Å². The largest absolute Gasteiger partial charge is 0.494 e. The molecule has 0 aromatic heterocycles. The number of ether oxygens (including phenoxy) is 1. The first-order valence-electron chi connectivity index (χ1n) is 11.0. The van der Waals surface area contributed by atoms with Crippen LogP contribution in [0.2, 0.25) is 0 Å². The van der Waals surface area contributed by atoms with E-state index in [9.17, 15) is 13.2 Å². The maximum absolute atomic E-state index is 13.7. The first-order chi connectivity index (χ1) is 14.5. The Kier molecular flexibility index (Phi) is 6.49. The lowest BCUT2D eigenvalue weighted by Crippen LogP contribution is -2.54. The molecule has 2 saturated heterocycles. The van der Waals surface area contributed by atoms with E-state index in [0.717, 1.165) is 0 Å². The average molecular weight is 466 g/mol. The fourth-order valence-electron chi connectivity index (χ4n) is 4.19. The molecule has 0 bridgehead atoms. The van der Waals surface area contributed by atoms with E-state index in [2.05, 4.69) is 0 Å². The zero-order valence-electron chi connectivity index (χ0n) is 20.0. The summed E-state index contributed by atoms with van der Waals surface area (Å²) in [6.07, 6.45) is -0.456.